The van der Waals surface area contributed by atoms with Gasteiger partial charge in [0.05, 0.1) is 11.6 Å². The summed E-state index contributed by atoms with van der Waals surface area (Å²) in [7, 11) is 0. The molecule has 5 rings (SSSR count). The Bertz CT molecular complexity index is 1530. The van der Waals surface area contributed by atoms with E-state index in [-0.39, 0.29) is 22.5 Å². The van der Waals surface area contributed by atoms with Gasteiger partial charge in [-0.2, -0.15) is 5.26 Å². The zero-order valence-corrected chi connectivity index (χ0v) is 21.7. The van der Waals surface area contributed by atoms with Crippen molar-refractivity contribution in [3.63, 3.8) is 0 Å². The van der Waals surface area contributed by atoms with Crippen molar-refractivity contribution in [3.8, 4) is 6.07 Å². The fraction of sp³-hybridized carbons (Fsp3) is 0.312. The number of carbonyl (C=O) groups is 1. The van der Waals surface area contributed by atoms with Gasteiger partial charge in [-0.25, -0.2) is 0 Å². The van der Waals surface area contributed by atoms with E-state index in [4.69, 9.17) is 4.42 Å². The van der Waals surface area contributed by atoms with Crippen LogP contribution in [0.5, 0.6) is 0 Å². The molecule has 4 aromatic rings. The Kier molecular flexibility index (Phi) is 5.75. The SMILES string of the molecule is Cc1cc2c(cc1Cc1ccc(C(=O)Nc3ccc(C#N)c4ccccc34)o1)C(C)(C)CCC2(C)C. The molecule has 0 spiro atoms. The molecule has 182 valence electrons. The molecular weight excluding hydrogens is 444 g/mol. The number of hydrogen-bond acceptors (Lipinski definition) is 3. The van der Waals surface area contributed by atoms with E-state index in [1.54, 1.807) is 18.2 Å². The Morgan fingerprint density at radius 2 is 1.61 bits per heavy atom. The molecule has 4 nitrogen and oxygen atoms in total. The maximum Gasteiger partial charge on any atom is 0.291 e. The molecule has 1 amide bonds. The van der Waals surface area contributed by atoms with Crippen LogP contribution in [-0.2, 0) is 17.3 Å². The topological polar surface area (TPSA) is 66.0 Å². The summed E-state index contributed by atoms with van der Waals surface area (Å²) in [5.74, 6) is 0.734. The minimum Gasteiger partial charge on any atom is -0.456 e. The van der Waals surface area contributed by atoms with E-state index >= 15 is 0 Å². The third-order valence-corrected chi connectivity index (χ3v) is 7.85. The second kappa shape index (κ2) is 8.68. The number of anilines is 1. The number of fused-ring (bicyclic) bond motifs is 2. The summed E-state index contributed by atoms with van der Waals surface area (Å²) in [6.07, 6.45) is 3.00. The number of aryl methyl sites for hydroxylation is 1. The van der Waals surface area contributed by atoms with E-state index in [1.807, 2.05) is 30.3 Å². The Hall–Kier alpha value is -3.84. The average Bonchev–Trinajstić information content (AvgIpc) is 3.32. The van der Waals surface area contributed by atoms with Gasteiger partial charge in [-0.05, 0) is 77.1 Å². The van der Waals surface area contributed by atoms with Gasteiger partial charge in [0, 0.05) is 22.9 Å². The Morgan fingerprint density at radius 3 is 2.31 bits per heavy atom. The van der Waals surface area contributed by atoms with Crippen LogP contribution in [0.1, 0.15) is 84.7 Å². The molecule has 0 bridgehead atoms. The number of nitrogens with zero attached hydrogens (tertiary/aromatic N) is 1. The summed E-state index contributed by atoms with van der Waals surface area (Å²) < 4.78 is 6.01. The summed E-state index contributed by atoms with van der Waals surface area (Å²) in [5.41, 5.74) is 6.93. The van der Waals surface area contributed by atoms with Gasteiger partial charge in [0.2, 0.25) is 0 Å². The van der Waals surface area contributed by atoms with Gasteiger partial charge in [0.15, 0.2) is 5.76 Å². The third kappa shape index (κ3) is 4.20. The number of hydrogen-bond donors (Lipinski definition) is 1. The highest BCUT2D eigenvalue weighted by atomic mass is 16.3. The molecule has 1 N–H and O–H groups in total. The van der Waals surface area contributed by atoms with Crippen LogP contribution in [-0.4, -0.2) is 5.91 Å². The van der Waals surface area contributed by atoms with Crippen LogP contribution in [0.15, 0.2) is 65.1 Å². The second-order valence-electron chi connectivity index (χ2n) is 11.3. The standard InChI is InChI=1S/C32H32N2O2/c1-20-16-26-27(32(4,5)15-14-31(26,2)3)18-22(20)17-23-11-13-29(36-23)30(35)34-28-12-10-21(19-33)24-8-6-7-9-25(24)28/h6-13,16,18H,14-15,17H2,1-5H3,(H,34,35). The van der Waals surface area contributed by atoms with Crippen molar-refractivity contribution in [3.05, 3.63) is 100 Å². The molecule has 1 aliphatic rings. The largest absolute Gasteiger partial charge is 0.456 e. The van der Waals surface area contributed by atoms with Gasteiger partial charge < -0.3 is 9.73 Å². The van der Waals surface area contributed by atoms with Crippen molar-refractivity contribution in [2.75, 3.05) is 5.32 Å². The van der Waals surface area contributed by atoms with Crippen molar-refractivity contribution in [1.82, 2.24) is 0 Å². The lowest BCUT2D eigenvalue weighted by Gasteiger charge is -2.42. The van der Waals surface area contributed by atoms with Gasteiger partial charge in [-0.3, -0.25) is 4.79 Å². The van der Waals surface area contributed by atoms with Crippen LogP contribution < -0.4 is 5.32 Å². The molecule has 3 aromatic carbocycles. The first-order chi connectivity index (χ1) is 17.1. The van der Waals surface area contributed by atoms with E-state index in [0.717, 1.165) is 16.5 Å². The molecule has 4 heteroatoms. The highest BCUT2D eigenvalue weighted by Gasteiger charge is 2.37. The average molecular weight is 477 g/mol. The Morgan fingerprint density at radius 1 is 0.944 bits per heavy atom. The maximum atomic E-state index is 13.0. The van der Waals surface area contributed by atoms with Crippen LogP contribution in [0.4, 0.5) is 5.69 Å². The monoisotopic (exact) mass is 476 g/mol. The fourth-order valence-corrected chi connectivity index (χ4v) is 5.43. The number of nitriles is 1. The van der Waals surface area contributed by atoms with Crippen LogP contribution in [0.3, 0.4) is 0 Å². The molecular formula is C32H32N2O2. The highest BCUT2D eigenvalue weighted by molar-refractivity contribution is 6.08. The van der Waals surface area contributed by atoms with E-state index in [1.165, 1.54) is 35.1 Å². The molecule has 0 saturated carbocycles. The number of furan rings is 1. The number of carbonyl (C=O) groups excluding carboxylic acids is 1. The van der Waals surface area contributed by atoms with Gasteiger partial charge in [0.25, 0.3) is 5.91 Å². The molecule has 0 saturated heterocycles. The Balaban J connectivity index is 1.40. The fourth-order valence-electron chi connectivity index (χ4n) is 5.43. The number of amides is 1. The summed E-state index contributed by atoms with van der Waals surface area (Å²) in [6, 6.07) is 21.6. The number of nitrogens with one attached hydrogen (secondary N) is 1. The first-order valence-electron chi connectivity index (χ1n) is 12.6. The first-order valence-corrected chi connectivity index (χ1v) is 12.6. The predicted molar refractivity (Wildman–Crippen MR) is 145 cm³/mol. The summed E-state index contributed by atoms with van der Waals surface area (Å²) in [6.45, 7) is 11.5. The Labute approximate surface area is 212 Å². The smallest absolute Gasteiger partial charge is 0.291 e. The second-order valence-corrected chi connectivity index (χ2v) is 11.3. The van der Waals surface area contributed by atoms with Crippen LogP contribution >= 0.6 is 0 Å². The summed E-state index contributed by atoms with van der Waals surface area (Å²) in [5, 5.41) is 14.0. The molecule has 36 heavy (non-hydrogen) atoms. The van der Waals surface area contributed by atoms with Crippen molar-refractivity contribution in [1.29, 1.82) is 5.26 Å². The molecule has 1 heterocycles. The zero-order chi connectivity index (χ0) is 25.7. The summed E-state index contributed by atoms with van der Waals surface area (Å²) in [4.78, 5) is 13.0. The van der Waals surface area contributed by atoms with Crippen molar-refractivity contribution < 1.29 is 9.21 Å². The van der Waals surface area contributed by atoms with Gasteiger partial charge >= 0.3 is 0 Å². The maximum absolute atomic E-state index is 13.0. The van der Waals surface area contributed by atoms with Crippen LogP contribution in [0.25, 0.3) is 10.8 Å². The molecule has 0 unspecified atom stereocenters. The third-order valence-electron chi connectivity index (χ3n) is 7.85. The lowest BCUT2D eigenvalue weighted by Crippen LogP contribution is -2.34. The lowest BCUT2D eigenvalue weighted by atomic mass is 9.62. The molecule has 0 atom stereocenters. The van der Waals surface area contributed by atoms with Gasteiger partial charge in [0.1, 0.15) is 5.76 Å². The lowest BCUT2D eigenvalue weighted by molar-refractivity contribution is 0.0995. The van der Waals surface area contributed by atoms with Crippen LogP contribution in [0, 0.1) is 18.3 Å². The van der Waals surface area contributed by atoms with Gasteiger partial charge in [-0.15, -0.1) is 0 Å². The minimum atomic E-state index is -0.304. The van der Waals surface area contributed by atoms with E-state index in [9.17, 15) is 10.1 Å². The van der Waals surface area contributed by atoms with E-state index < -0.39 is 0 Å². The first kappa shape index (κ1) is 23.9. The van der Waals surface area contributed by atoms with E-state index in [2.05, 4.69) is 58.1 Å². The predicted octanol–water partition coefficient (Wildman–Crippen LogP) is 7.81. The van der Waals surface area contributed by atoms with Crippen LogP contribution in [0.2, 0.25) is 0 Å². The van der Waals surface area contributed by atoms with Crippen molar-refractivity contribution in [2.45, 2.75) is 64.7 Å². The molecule has 0 aliphatic heterocycles. The summed E-state index contributed by atoms with van der Waals surface area (Å²) >= 11 is 0. The minimum absolute atomic E-state index is 0.144. The molecule has 0 radical (unpaired) electrons. The van der Waals surface area contributed by atoms with Gasteiger partial charge in [-0.1, -0.05) is 64.1 Å². The highest BCUT2D eigenvalue weighted by Crippen LogP contribution is 2.46. The molecule has 1 aliphatic carbocycles. The number of benzene rings is 3. The van der Waals surface area contributed by atoms with E-state index in [0.29, 0.717) is 17.7 Å². The van der Waals surface area contributed by atoms with Crippen molar-refractivity contribution >= 4 is 22.4 Å². The number of rotatable bonds is 4. The molecule has 0 fully saturated rings. The quantitative estimate of drug-likeness (QED) is 0.327. The van der Waals surface area contributed by atoms with Crippen molar-refractivity contribution in [2.24, 2.45) is 0 Å². The zero-order valence-electron chi connectivity index (χ0n) is 21.7. The normalized spacial score (nSPS) is 15.8. The molecule has 1 aromatic heterocycles.